The molecule has 1 heterocycles. The minimum atomic E-state index is -3.04. The summed E-state index contributed by atoms with van der Waals surface area (Å²) < 4.78 is 30.7. The quantitative estimate of drug-likeness (QED) is 0.654. The SMILES string of the molecule is CC(C)c1ccccc1C1(C(=O)Nc2ccc(Br)cc2OC(F)F)CNC(=O)C1. The smallest absolute Gasteiger partial charge is 0.387 e. The maximum atomic E-state index is 13.4. The van der Waals surface area contributed by atoms with Crippen molar-refractivity contribution in [3.05, 3.63) is 58.1 Å². The van der Waals surface area contributed by atoms with Crippen molar-refractivity contribution in [2.75, 3.05) is 11.9 Å². The lowest BCUT2D eigenvalue weighted by atomic mass is 9.74. The zero-order chi connectivity index (χ0) is 21.2. The first-order valence-corrected chi connectivity index (χ1v) is 9.94. The highest BCUT2D eigenvalue weighted by molar-refractivity contribution is 9.10. The van der Waals surface area contributed by atoms with Crippen LogP contribution in [0.4, 0.5) is 14.5 Å². The normalized spacial score (nSPS) is 18.8. The Kier molecular flexibility index (Phi) is 6.21. The van der Waals surface area contributed by atoms with Gasteiger partial charge in [-0.3, -0.25) is 9.59 Å². The minimum Gasteiger partial charge on any atom is -0.433 e. The molecule has 1 aliphatic heterocycles. The van der Waals surface area contributed by atoms with Gasteiger partial charge in [-0.2, -0.15) is 8.78 Å². The third-order valence-corrected chi connectivity index (χ3v) is 5.48. The molecule has 0 bridgehead atoms. The van der Waals surface area contributed by atoms with Crippen LogP contribution in [0.15, 0.2) is 46.9 Å². The first-order chi connectivity index (χ1) is 13.7. The zero-order valence-corrected chi connectivity index (χ0v) is 17.6. The molecule has 0 saturated carbocycles. The highest BCUT2D eigenvalue weighted by Crippen LogP contribution is 2.39. The van der Waals surface area contributed by atoms with Crippen molar-refractivity contribution in [1.29, 1.82) is 0 Å². The number of carbonyl (C=O) groups is 2. The van der Waals surface area contributed by atoms with E-state index in [9.17, 15) is 18.4 Å². The van der Waals surface area contributed by atoms with E-state index in [1.54, 1.807) is 6.07 Å². The molecule has 3 rings (SSSR count). The van der Waals surface area contributed by atoms with Gasteiger partial charge in [-0.05, 0) is 35.2 Å². The van der Waals surface area contributed by atoms with Crippen molar-refractivity contribution < 1.29 is 23.1 Å². The molecule has 2 aromatic carbocycles. The standard InChI is InChI=1S/C21H21BrF2N2O3/c1-12(2)14-5-3-4-6-15(14)21(10-18(27)25-11-21)19(28)26-16-8-7-13(22)9-17(16)29-20(23)24/h3-9,12,20H,10-11H2,1-2H3,(H,25,27)(H,26,28). The van der Waals surface area contributed by atoms with Crippen LogP contribution in [0.25, 0.3) is 0 Å². The number of amides is 2. The Morgan fingerprint density at radius 2 is 1.97 bits per heavy atom. The van der Waals surface area contributed by atoms with Crippen molar-refractivity contribution in [1.82, 2.24) is 5.32 Å². The van der Waals surface area contributed by atoms with E-state index in [-0.39, 0.29) is 36.2 Å². The zero-order valence-electron chi connectivity index (χ0n) is 16.0. The number of benzene rings is 2. The van der Waals surface area contributed by atoms with Gasteiger partial charge in [0.15, 0.2) is 5.75 Å². The largest absolute Gasteiger partial charge is 0.433 e. The maximum Gasteiger partial charge on any atom is 0.387 e. The summed E-state index contributed by atoms with van der Waals surface area (Å²) in [5.74, 6) is -0.715. The van der Waals surface area contributed by atoms with E-state index >= 15 is 0 Å². The van der Waals surface area contributed by atoms with E-state index in [4.69, 9.17) is 0 Å². The molecule has 0 radical (unpaired) electrons. The van der Waals surface area contributed by atoms with E-state index < -0.39 is 17.9 Å². The molecule has 0 aliphatic carbocycles. The number of nitrogens with one attached hydrogen (secondary N) is 2. The molecule has 8 heteroatoms. The van der Waals surface area contributed by atoms with Crippen molar-refractivity contribution in [2.45, 2.75) is 38.2 Å². The summed E-state index contributed by atoms with van der Waals surface area (Å²) >= 11 is 3.21. The number of alkyl halides is 2. The lowest BCUT2D eigenvalue weighted by molar-refractivity contribution is -0.124. The number of hydrogen-bond donors (Lipinski definition) is 2. The molecule has 5 nitrogen and oxygen atoms in total. The predicted octanol–water partition coefficient (Wildman–Crippen LogP) is 4.57. The van der Waals surface area contributed by atoms with Crippen LogP contribution in [0.1, 0.15) is 37.3 Å². The van der Waals surface area contributed by atoms with E-state index in [1.807, 2.05) is 38.1 Å². The van der Waals surface area contributed by atoms with Crippen LogP contribution in [0.3, 0.4) is 0 Å². The second-order valence-corrected chi connectivity index (χ2v) is 8.17. The summed E-state index contributed by atoms with van der Waals surface area (Å²) in [6.07, 6.45) is -0.0237. The van der Waals surface area contributed by atoms with Crippen LogP contribution in [-0.4, -0.2) is 25.0 Å². The van der Waals surface area contributed by atoms with Crippen LogP contribution < -0.4 is 15.4 Å². The molecule has 1 aliphatic rings. The van der Waals surface area contributed by atoms with Gasteiger partial charge in [0.2, 0.25) is 11.8 Å². The summed E-state index contributed by atoms with van der Waals surface area (Å²) in [6.45, 7) is 1.11. The summed E-state index contributed by atoms with van der Waals surface area (Å²) in [5.41, 5.74) is 0.671. The Balaban J connectivity index is 2.02. The molecule has 2 N–H and O–H groups in total. The molecule has 154 valence electrons. The van der Waals surface area contributed by atoms with Crippen molar-refractivity contribution >= 4 is 33.4 Å². The highest BCUT2D eigenvalue weighted by Gasteiger charge is 2.48. The first kappa shape index (κ1) is 21.2. The molecule has 1 unspecified atom stereocenters. The number of carbonyl (C=O) groups excluding carboxylic acids is 2. The number of hydrogen-bond acceptors (Lipinski definition) is 3. The van der Waals surface area contributed by atoms with Crippen LogP contribution in [0.2, 0.25) is 0 Å². The lowest BCUT2D eigenvalue weighted by Crippen LogP contribution is -2.43. The molecule has 0 aromatic heterocycles. The van der Waals surface area contributed by atoms with Crippen molar-refractivity contribution in [2.24, 2.45) is 0 Å². The number of anilines is 1. The second kappa shape index (κ2) is 8.49. The number of halogens is 3. The Hall–Kier alpha value is -2.48. The topological polar surface area (TPSA) is 67.4 Å². The average molecular weight is 467 g/mol. The fraction of sp³-hybridized carbons (Fsp3) is 0.333. The molecule has 1 fully saturated rings. The number of rotatable bonds is 6. The van der Waals surface area contributed by atoms with E-state index in [0.717, 1.165) is 11.1 Å². The van der Waals surface area contributed by atoms with Gasteiger partial charge in [0.05, 0.1) is 5.69 Å². The molecule has 29 heavy (non-hydrogen) atoms. The first-order valence-electron chi connectivity index (χ1n) is 9.15. The Labute approximate surface area is 176 Å². The Bertz CT molecular complexity index is 936. The summed E-state index contributed by atoms with van der Waals surface area (Å²) in [5, 5.41) is 5.44. The van der Waals surface area contributed by atoms with Gasteiger partial charge in [0, 0.05) is 17.4 Å². The van der Waals surface area contributed by atoms with Gasteiger partial charge < -0.3 is 15.4 Å². The van der Waals surface area contributed by atoms with Crippen molar-refractivity contribution in [3.63, 3.8) is 0 Å². The Morgan fingerprint density at radius 1 is 1.24 bits per heavy atom. The van der Waals surface area contributed by atoms with Crippen molar-refractivity contribution in [3.8, 4) is 5.75 Å². The molecule has 1 saturated heterocycles. The second-order valence-electron chi connectivity index (χ2n) is 7.25. The maximum absolute atomic E-state index is 13.4. The Morgan fingerprint density at radius 3 is 2.59 bits per heavy atom. The molecular formula is C21H21BrF2N2O3. The average Bonchev–Trinajstić information content (AvgIpc) is 3.06. The predicted molar refractivity (Wildman–Crippen MR) is 109 cm³/mol. The van der Waals surface area contributed by atoms with Crippen LogP contribution in [0, 0.1) is 0 Å². The van der Waals surface area contributed by atoms with Gasteiger partial charge >= 0.3 is 6.61 Å². The molecular weight excluding hydrogens is 446 g/mol. The van der Waals surface area contributed by atoms with E-state index in [1.165, 1.54) is 12.1 Å². The fourth-order valence-corrected chi connectivity index (χ4v) is 3.93. The third kappa shape index (κ3) is 4.42. The van der Waals surface area contributed by atoms with Gasteiger partial charge in [-0.25, -0.2) is 0 Å². The molecule has 2 amide bonds. The number of ether oxygens (including phenoxy) is 1. The molecule has 0 spiro atoms. The van der Waals surface area contributed by atoms with E-state index in [2.05, 4.69) is 31.3 Å². The van der Waals surface area contributed by atoms with Crippen LogP contribution in [0.5, 0.6) is 5.75 Å². The van der Waals surface area contributed by atoms with Gasteiger partial charge in [0.1, 0.15) is 5.41 Å². The van der Waals surface area contributed by atoms with Crippen LogP contribution in [-0.2, 0) is 15.0 Å². The molecule has 1 atom stereocenters. The van der Waals surface area contributed by atoms with Gasteiger partial charge in [-0.15, -0.1) is 0 Å². The highest BCUT2D eigenvalue weighted by atomic mass is 79.9. The summed E-state index contributed by atoms with van der Waals surface area (Å²) in [4.78, 5) is 25.5. The van der Waals surface area contributed by atoms with Gasteiger partial charge in [0.25, 0.3) is 0 Å². The monoisotopic (exact) mass is 466 g/mol. The molecule has 2 aromatic rings. The lowest BCUT2D eigenvalue weighted by Gasteiger charge is -2.30. The summed E-state index contributed by atoms with van der Waals surface area (Å²) in [7, 11) is 0. The third-order valence-electron chi connectivity index (χ3n) is 4.99. The summed E-state index contributed by atoms with van der Waals surface area (Å²) in [6, 6.07) is 11.9. The fourth-order valence-electron chi connectivity index (χ4n) is 3.59. The van der Waals surface area contributed by atoms with E-state index in [0.29, 0.717) is 4.47 Å². The minimum absolute atomic E-state index is 0.0237. The van der Waals surface area contributed by atoms with Crippen LogP contribution >= 0.6 is 15.9 Å². The van der Waals surface area contributed by atoms with Gasteiger partial charge in [-0.1, -0.05) is 54.0 Å².